The maximum atomic E-state index is 13.5. The van der Waals surface area contributed by atoms with E-state index in [4.69, 9.17) is 23.2 Å². The average Bonchev–Trinajstić information content (AvgIpc) is 2.70. The Labute approximate surface area is 212 Å². The summed E-state index contributed by atoms with van der Waals surface area (Å²) in [4.78, 5) is 27.9. The van der Waals surface area contributed by atoms with Crippen LogP contribution in [0.15, 0.2) is 42.5 Å². The van der Waals surface area contributed by atoms with Crippen LogP contribution in [-0.2, 0) is 26.2 Å². The van der Waals surface area contributed by atoms with Gasteiger partial charge >= 0.3 is 0 Å². The first-order valence-electron chi connectivity index (χ1n) is 10.7. The molecule has 1 atom stereocenters. The number of carbonyl (C=O) groups is 2. The number of benzene rings is 2. The minimum Gasteiger partial charge on any atom is -0.350 e. The molecule has 0 fully saturated rings. The van der Waals surface area contributed by atoms with E-state index in [1.54, 1.807) is 6.92 Å². The van der Waals surface area contributed by atoms with Gasteiger partial charge in [-0.3, -0.25) is 13.9 Å². The van der Waals surface area contributed by atoms with Crippen LogP contribution in [0.2, 0.25) is 10.0 Å². The van der Waals surface area contributed by atoms with Crippen molar-refractivity contribution in [3.8, 4) is 0 Å². The molecule has 1 N–H and O–H groups in total. The van der Waals surface area contributed by atoms with Crippen molar-refractivity contribution in [2.45, 2.75) is 52.7 Å². The minimum atomic E-state index is -3.85. The van der Waals surface area contributed by atoms with Crippen LogP contribution in [-0.4, -0.2) is 49.5 Å². The second-order valence-electron chi connectivity index (χ2n) is 9.23. The van der Waals surface area contributed by atoms with Crippen LogP contribution >= 0.6 is 23.2 Å². The molecule has 0 heterocycles. The Hall–Kier alpha value is -2.29. The Bertz CT molecular complexity index is 1160. The molecule has 0 aromatic heterocycles. The maximum absolute atomic E-state index is 13.5. The number of nitrogens with zero attached hydrogens (tertiary/aromatic N) is 2. The molecule has 2 aromatic carbocycles. The number of nitrogens with one attached hydrogen (secondary N) is 1. The maximum Gasteiger partial charge on any atom is 0.244 e. The Kier molecular flexibility index (Phi) is 9.02. The molecular weight excluding hydrogens is 497 g/mol. The van der Waals surface area contributed by atoms with Crippen molar-refractivity contribution in [3.05, 3.63) is 63.6 Å². The number of hydrogen-bond donors (Lipinski definition) is 1. The number of aryl methyl sites for hydroxylation is 1. The fourth-order valence-electron chi connectivity index (χ4n) is 3.28. The predicted octanol–water partition coefficient (Wildman–Crippen LogP) is 4.40. The van der Waals surface area contributed by atoms with Crippen LogP contribution in [0.5, 0.6) is 0 Å². The molecule has 0 spiro atoms. The number of amides is 2. The van der Waals surface area contributed by atoms with Crippen molar-refractivity contribution in [1.82, 2.24) is 10.2 Å². The van der Waals surface area contributed by atoms with Crippen LogP contribution < -0.4 is 9.62 Å². The van der Waals surface area contributed by atoms with Gasteiger partial charge in [-0.25, -0.2) is 8.42 Å². The summed E-state index contributed by atoms with van der Waals surface area (Å²) in [5.41, 5.74) is 1.51. The molecule has 2 rings (SSSR count). The summed E-state index contributed by atoms with van der Waals surface area (Å²) in [5.74, 6) is -0.869. The van der Waals surface area contributed by atoms with Crippen LogP contribution in [0.4, 0.5) is 5.69 Å². The molecule has 34 heavy (non-hydrogen) atoms. The van der Waals surface area contributed by atoms with Crippen LogP contribution in [0.1, 0.15) is 38.8 Å². The summed E-state index contributed by atoms with van der Waals surface area (Å²) in [6.07, 6.45) is 1.00. The first kappa shape index (κ1) is 28.0. The lowest BCUT2D eigenvalue weighted by atomic mass is 10.1. The van der Waals surface area contributed by atoms with Crippen molar-refractivity contribution >= 4 is 50.7 Å². The van der Waals surface area contributed by atoms with E-state index in [0.29, 0.717) is 0 Å². The average molecular weight is 529 g/mol. The Morgan fingerprint density at radius 3 is 2.21 bits per heavy atom. The zero-order chi connectivity index (χ0) is 25.8. The van der Waals surface area contributed by atoms with Gasteiger partial charge in [0.15, 0.2) is 0 Å². The summed E-state index contributed by atoms with van der Waals surface area (Å²) in [6.45, 7) is 8.72. The van der Waals surface area contributed by atoms with Gasteiger partial charge in [-0.2, -0.15) is 0 Å². The third-order valence-corrected chi connectivity index (χ3v) is 7.02. The molecule has 0 unspecified atom stereocenters. The largest absolute Gasteiger partial charge is 0.350 e. The molecule has 7 nitrogen and oxygen atoms in total. The van der Waals surface area contributed by atoms with Gasteiger partial charge in [0.05, 0.1) is 22.0 Å². The molecule has 2 amide bonds. The molecule has 0 aliphatic carbocycles. The van der Waals surface area contributed by atoms with E-state index in [0.717, 1.165) is 21.7 Å². The molecule has 0 bridgehead atoms. The predicted molar refractivity (Wildman–Crippen MR) is 138 cm³/mol. The second-order valence-corrected chi connectivity index (χ2v) is 12.0. The van der Waals surface area contributed by atoms with Gasteiger partial charge in [0.25, 0.3) is 0 Å². The summed E-state index contributed by atoms with van der Waals surface area (Å²) >= 11 is 12.1. The lowest BCUT2D eigenvalue weighted by Crippen LogP contribution is -2.54. The van der Waals surface area contributed by atoms with Crippen molar-refractivity contribution < 1.29 is 18.0 Å². The van der Waals surface area contributed by atoms with Gasteiger partial charge in [0, 0.05) is 12.1 Å². The third kappa shape index (κ3) is 7.61. The number of halogens is 2. The molecular formula is C24H31Cl2N3O4S. The highest BCUT2D eigenvalue weighted by Crippen LogP contribution is 2.28. The van der Waals surface area contributed by atoms with E-state index in [1.807, 2.05) is 52.0 Å². The zero-order valence-corrected chi connectivity index (χ0v) is 22.6. The number of hydrogen-bond acceptors (Lipinski definition) is 4. The molecule has 0 radical (unpaired) electrons. The summed E-state index contributed by atoms with van der Waals surface area (Å²) < 4.78 is 26.1. The number of carbonyl (C=O) groups excluding carboxylic acids is 2. The van der Waals surface area contributed by atoms with E-state index in [9.17, 15) is 18.0 Å². The van der Waals surface area contributed by atoms with Gasteiger partial charge in [-0.1, -0.05) is 47.5 Å². The summed E-state index contributed by atoms with van der Waals surface area (Å²) in [7, 11) is -3.85. The van der Waals surface area contributed by atoms with Crippen LogP contribution in [0.25, 0.3) is 0 Å². The fourth-order valence-corrected chi connectivity index (χ4v) is 4.42. The standard InChI is InChI=1S/C24H31Cl2N3O4S/c1-16-9-7-8-10-18(16)14-28(17(2)23(31)27-24(3,4)5)22(30)15-29(34(6,32)33)19-11-12-20(25)21(26)13-19/h7-13,17H,14-15H2,1-6H3,(H,27,31)/t17-/m0/s1. The van der Waals surface area contributed by atoms with Crippen molar-refractivity contribution in [2.75, 3.05) is 17.1 Å². The van der Waals surface area contributed by atoms with Crippen molar-refractivity contribution in [2.24, 2.45) is 0 Å². The highest BCUT2D eigenvalue weighted by molar-refractivity contribution is 7.92. The molecule has 2 aromatic rings. The normalized spacial score (nSPS) is 12.7. The van der Waals surface area contributed by atoms with Crippen LogP contribution in [0, 0.1) is 6.92 Å². The number of anilines is 1. The monoisotopic (exact) mass is 527 g/mol. The molecule has 0 saturated carbocycles. The van der Waals surface area contributed by atoms with Crippen molar-refractivity contribution in [3.63, 3.8) is 0 Å². The van der Waals surface area contributed by atoms with Crippen molar-refractivity contribution in [1.29, 1.82) is 0 Å². The Balaban J connectivity index is 2.44. The molecule has 186 valence electrons. The lowest BCUT2D eigenvalue weighted by Gasteiger charge is -2.33. The first-order chi connectivity index (χ1) is 15.6. The van der Waals surface area contributed by atoms with E-state index < -0.39 is 34.1 Å². The smallest absolute Gasteiger partial charge is 0.244 e. The highest BCUT2D eigenvalue weighted by atomic mass is 35.5. The van der Waals surface area contributed by atoms with Gasteiger partial charge < -0.3 is 10.2 Å². The lowest BCUT2D eigenvalue weighted by molar-refractivity contribution is -0.140. The summed E-state index contributed by atoms with van der Waals surface area (Å²) in [5, 5.41) is 3.31. The molecule has 0 aliphatic rings. The van der Waals surface area contributed by atoms with Crippen LogP contribution in [0.3, 0.4) is 0 Å². The quantitative estimate of drug-likeness (QED) is 0.551. The minimum absolute atomic E-state index is 0.142. The van der Waals surface area contributed by atoms with Gasteiger partial charge in [0.2, 0.25) is 21.8 Å². The summed E-state index contributed by atoms with van der Waals surface area (Å²) in [6, 6.07) is 11.0. The molecule has 0 saturated heterocycles. The zero-order valence-electron chi connectivity index (χ0n) is 20.2. The third-order valence-electron chi connectivity index (χ3n) is 5.14. The van der Waals surface area contributed by atoms with Gasteiger partial charge in [-0.15, -0.1) is 0 Å². The van der Waals surface area contributed by atoms with E-state index in [2.05, 4.69) is 5.32 Å². The van der Waals surface area contributed by atoms with E-state index >= 15 is 0 Å². The molecule has 0 aliphatic heterocycles. The first-order valence-corrected chi connectivity index (χ1v) is 13.3. The van der Waals surface area contributed by atoms with Gasteiger partial charge in [-0.05, 0) is 63.9 Å². The Morgan fingerprint density at radius 2 is 1.68 bits per heavy atom. The highest BCUT2D eigenvalue weighted by Gasteiger charge is 2.31. The topological polar surface area (TPSA) is 86.8 Å². The fraction of sp³-hybridized carbons (Fsp3) is 0.417. The Morgan fingerprint density at radius 1 is 1.06 bits per heavy atom. The second kappa shape index (κ2) is 11.0. The van der Waals surface area contributed by atoms with Gasteiger partial charge in [0.1, 0.15) is 12.6 Å². The SMILES string of the molecule is Cc1ccccc1CN(C(=O)CN(c1ccc(Cl)c(Cl)c1)S(C)(=O)=O)[C@@H](C)C(=O)NC(C)(C)C. The van der Waals surface area contributed by atoms with E-state index in [1.165, 1.54) is 23.1 Å². The number of sulfonamides is 1. The molecule has 10 heteroatoms. The van der Waals surface area contributed by atoms with E-state index in [-0.39, 0.29) is 28.2 Å². The number of rotatable bonds is 8.